The first kappa shape index (κ1) is 19.9. The Labute approximate surface area is 164 Å². The number of carbonyl (C=O) groups is 2. The van der Waals surface area contributed by atoms with Crippen molar-refractivity contribution in [3.8, 4) is 11.4 Å². The quantitative estimate of drug-likeness (QED) is 0.781. The highest BCUT2D eigenvalue weighted by Crippen LogP contribution is 2.15. The van der Waals surface area contributed by atoms with Gasteiger partial charge in [-0.3, -0.25) is 14.5 Å². The zero-order chi connectivity index (χ0) is 20.1. The van der Waals surface area contributed by atoms with Crippen molar-refractivity contribution in [2.45, 2.75) is 31.8 Å². The maximum atomic E-state index is 12.6. The molecule has 1 saturated heterocycles. The molecule has 9 nitrogen and oxygen atoms in total. The number of likely N-dealkylation sites (tertiary alicyclic amines) is 1. The number of nitrogens with one attached hydrogen (secondary N) is 1. The first-order chi connectivity index (χ1) is 13.4. The normalized spacial score (nSPS) is 16.5. The highest BCUT2D eigenvalue weighted by atomic mass is 16.2. The molecule has 9 heteroatoms. The second-order valence-corrected chi connectivity index (χ2v) is 7.32. The summed E-state index contributed by atoms with van der Waals surface area (Å²) in [6, 6.07) is 9.10. The van der Waals surface area contributed by atoms with Crippen LogP contribution in [0.15, 0.2) is 30.3 Å². The van der Waals surface area contributed by atoms with Crippen LogP contribution in [0.3, 0.4) is 0 Å². The monoisotopic (exact) mass is 385 g/mol. The van der Waals surface area contributed by atoms with Gasteiger partial charge < -0.3 is 10.2 Å². The van der Waals surface area contributed by atoms with Crippen molar-refractivity contribution in [2.24, 2.45) is 0 Å². The van der Waals surface area contributed by atoms with Crippen molar-refractivity contribution < 1.29 is 9.59 Å². The molecule has 1 unspecified atom stereocenters. The van der Waals surface area contributed by atoms with Gasteiger partial charge in [-0.1, -0.05) is 30.3 Å². The van der Waals surface area contributed by atoms with Gasteiger partial charge in [0.15, 0.2) is 0 Å². The Kier molecular flexibility index (Phi) is 6.35. The lowest BCUT2D eigenvalue weighted by atomic mass is 10.0. The van der Waals surface area contributed by atoms with E-state index in [4.69, 9.17) is 0 Å². The number of hydrogen-bond acceptors (Lipinski definition) is 6. The van der Waals surface area contributed by atoms with E-state index in [2.05, 4.69) is 25.6 Å². The van der Waals surface area contributed by atoms with Crippen LogP contribution in [0.5, 0.6) is 0 Å². The van der Waals surface area contributed by atoms with E-state index in [0.717, 1.165) is 31.5 Å². The lowest BCUT2D eigenvalue weighted by molar-refractivity contribution is -0.130. The summed E-state index contributed by atoms with van der Waals surface area (Å²) in [5.74, 6) is 0.474. The van der Waals surface area contributed by atoms with Gasteiger partial charge in [0.2, 0.25) is 17.6 Å². The molecule has 28 heavy (non-hydrogen) atoms. The van der Waals surface area contributed by atoms with E-state index in [-0.39, 0.29) is 17.9 Å². The molecule has 150 valence electrons. The molecule has 1 atom stereocenters. The number of carbonyl (C=O) groups excluding carboxylic acids is 2. The minimum absolute atomic E-state index is 0.0952. The molecule has 2 aromatic rings. The smallest absolute Gasteiger partial charge is 0.246 e. The third kappa shape index (κ3) is 4.92. The Balaban J connectivity index is 1.50. The molecule has 1 aromatic heterocycles. The maximum absolute atomic E-state index is 12.6. The molecule has 1 fully saturated rings. The third-order valence-electron chi connectivity index (χ3n) is 4.98. The van der Waals surface area contributed by atoms with E-state index in [1.165, 1.54) is 4.80 Å². The Morgan fingerprint density at radius 2 is 1.89 bits per heavy atom. The van der Waals surface area contributed by atoms with Crippen LogP contribution in [0.4, 0.5) is 0 Å². The van der Waals surface area contributed by atoms with Gasteiger partial charge in [-0.05, 0) is 25.0 Å². The number of benzene rings is 1. The van der Waals surface area contributed by atoms with Crippen LogP contribution in [0.2, 0.25) is 0 Å². The van der Waals surface area contributed by atoms with Gasteiger partial charge in [-0.2, -0.15) is 4.80 Å². The molecule has 2 heterocycles. The molecule has 1 aliphatic rings. The fraction of sp³-hybridized carbons (Fsp3) is 0.526. The van der Waals surface area contributed by atoms with E-state index in [1.54, 1.807) is 25.9 Å². The molecular formula is C19H27N7O2. The lowest BCUT2D eigenvalue weighted by Gasteiger charge is -2.32. The zero-order valence-corrected chi connectivity index (χ0v) is 16.6. The van der Waals surface area contributed by atoms with Crippen LogP contribution in [0.25, 0.3) is 11.4 Å². The average molecular weight is 385 g/mol. The number of amides is 2. The summed E-state index contributed by atoms with van der Waals surface area (Å²) in [7, 11) is 3.52. The largest absolute Gasteiger partial charge is 0.351 e. The van der Waals surface area contributed by atoms with Crippen LogP contribution in [-0.4, -0.2) is 81.6 Å². The van der Waals surface area contributed by atoms with Gasteiger partial charge in [0.05, 0.1) is 6.54 Å². The van der Waals surface area contributed by atoms with E-state index in [9.17, 15) is 9.59 Å². The number of aromatic nitrogens is 4. The van der Waals surface area contributed by atoms with Crippen LogP contribution in [0.1, 0.15) is 25.8 Å². The fourth-order valence-electron chi connectivity index (χ4n) is 3.09. The topological polar surface area (TPSA) is 96.2 Å². The standard InChI is InChI=1S/C19H27N7O2/c1-14(26-22-18(21-23-26)15-7-5-4-6-8-15)19(28)20-16-9-11-25(12-10-16)13-17(27)24(2)3/h4-8,14,16H,9-13H2,1-3H3,(H,20,28). The summed E-state index contributed by atoms with van der Waals surface area (Å²) in [6.45, 7) is 3.77. The van der Waals surface area contributed by atoms with Crippen molar-refractivity contribution in [2.75, 3.05) is 33.7 Å². The second kappa shape index (κ2) is 8.92. The summed E-state index contributed by atoms with van der Waals surface area (Å²) in [5, 5.41) is 15.5. The van der Waals surface area contributed by atoms with Crippen LogP contribution in [-0.2, 0) is 9.59 Å². The predicted octanol–water partition coefficient (Wildman–Crippen LogP) is 0.570. The minimum atomic E-state index is -0.543. The molecule has 0 bridgehead atoms. The summed E-state index contributed by atoms with van der Waals surface area (Å²) in [4.78, 5) is 29.5. The molecule has 0 saturated carbocycles. The average Bonchev–Trinajstić information content (AvgIpc) is 3.19. The summed E-state index contributed by atoms with van der Waals surface area (Å²) >= 11 is 0. The minimum Gasteiger partial charge on any atom is -0.351 e. The van der Waals surface area contributed by atoms with E-state index >= 15 is 0 Å². The van der Waals surface area contributed by atoms with Crippen molar-refractivity contribution in [3.63, 3.8) is 0 Å². The zero-order valence-electron chi connectivity index (χ0n) is 16.6. The summed E-state index contributed by atoms with van der Waals surface area (Å²) in [6.07, 6.45) is 1.64. The molecule has 2 amide bonds. The molecule has 1 aromatic carbocycles. The number of rotatable bonds is 6. The summed E-state index contributed by atoms with van der Waals surface area (Å²) in [5.41, 5.74) is 0.862. The van der Waals surface area contributed by atoms with Crippen LogP contribution < -0.4 is 5.32 Å². The molecule has 0 radical (unpaired) electrons. The number of nitrogens with zero attached hydrogens (tertiary/aromatic N) is 6. The predicted molar refractivity (Wildman–Crippen MR) is 104 cm³/mol. The molecule has 0 spiro atoms. The lowest BCUT2D eigenvalue weighted by Crippen LogP contribution is -2.48. The van der Waals surface area contributed by atoms with Crippen molar-refractivity contribution >= 4 is 11.8 Å². The number of likely N-dealkylation sites (N-methyl/N-ethyl adjacent to an activating group) is 1. The van der Waals surface area contributed by atoms with Gasteiger partial charge >= 0.3 is 0 Å². The molecule has 1 N–H and O–H groups in total. The second-order valence-electron chi connectivity index (χ2n) is 7.32. The number of piperidine rings is 1. The van der Waals surface area contributed by atoms with Crippen molar-refractivity contribution in [1.82, 2.24) is 35.3 Å². The molecule has 3 rings (SSSR count). The first-order valence-electron chi connectivity index (χ1n) is 9.52. The van der Waals surface area contributed by atoms with Crippen LogP contribution >= 0.6 is 0 Å². The molecule has 0 aliphatic carbocycles. The first-order valence-corrected chi connectivity index (χ1v) is 9.52. The van der Waals surface area contributed by atoms with Crippen molar-refractivity contribution in [3.05, 3.63) is 30.3 Å². The summed E-state index contributed by atoms with van der Waals surface area (Å²) < 4.78 is 0. The van der Waals surface area contributed by atoms with E-state index in [1.807, 2.05) is 30.3 Å². The highest BCUT2D eigenvalue weighted by Gasteiger charge is 2.25. The van der Waals surface area contributed by atoms with E-state index in [0.29, 0.717) is 12.4 Å². The van der Waals surface area contributed by atoms with Gasteiger partial charge in [0.1, 0.15) is 6.04 Å². The Morgan fingerprint density at radius 1 is 1.21 bits per heavy atom. The Hall–Kier alpha value is -2.81. The molecular weight excluding hydrogens is 358 g/mol. The van der Waals surface area contributed by atoms with Gasteiger partial charge in [-0.15, -0.1) is 10.2 Å². The van der Waals surface area contributed by atoms with Crippen LogP contribution in [0, 0.1) is 0 Å². The maximum Gasteiger partial charge on any atom is 0.246 e. The Bertz CT molecular complexity index is 798. The molecule has 1 aliphatic heterocycles. The highest BCUT2D eigenvalue weighted by molar-refractivity contribution is 5.80. The van der Waals surface area contributed by atoms with Gasteiger partial charge in [-0.25, -0.2) is 0 Å². The SMILES string of the molecule is CC(C(=O)NC1CCN(CC(=O)N(C)C)CC1)n1nnc(-c2ccccc2)n1. The van der Waals surface area contributed by atoms with Crippen molar-refractivity contribution in [1.29, 1.82) is 0 Å². The number of hydrogen-bond donors (Lipinski definition) is 1. The van der Waals surface area contributed by atoms with E-state index < -0.39 is 6.04 Å². The fourth-order valence-corrected chi connectivity index (χ4v) is 3.09. The van der Waals surface area contributed by atoms with Gasteiger partial charge in [0, 0.05) is 38.8 Å². The van der Waals surface area contributed by atoms with Gasteiger partial charge in [0.25, 0.3) is 0 Å². The Morgan fingerprint density at radius 3 is 2.54 bits per heavy atom. The number of tetrazole rings is 1. The third-order valence-corrected chi connectivity index (χ3v) is 4.98.